The Morgan fingerprint density at radius 1 is 1.18 bits per heavy atom. The Labute approximate surface area is 89.5 Å². The van der Waals surface area contributed by atoms with Gasteiger partial charge in [0.25, 0.3) is 0 Å². The SMILES string of the molecule is [Cl][Ru]([Cl])=[CH][Te]c1ccccc1. The molecule has 0 N–H and O–H groups in total. The second-order valence-corrected chi connectivity index (χ2v) is 12.2. The third-order valence-electron chi connectivity index (χ3n) is 0.984. The van der Waals surface area contributed by atoms with Crippen molar-refractivity contribution in [1.82, 2.24) is 0 Å². The molecule has 0 bridgehead atoms. The average Bonchev–Trinajstić information content (AvgIpc) is 2.03. The van der Waals surface area contributed by atoms with Gasteiger partial charge in [0.05, 0.1) is 0 Å². The zero-order chi connectivity index (χ0) is 8.10. The summed E-state index contributed by atoms with van der Waals surface area (Å²) < 4.78 is 3.53. The van der Waals surface area contributed by atoms with E-state index in [0.29, 0.717) is 0 Å². The number of hydrogen-bond acceptors (Lipinski definition) is 0. The Hall–Kier alpha value is 1.08. The zero-order valence-corrected chi connectivity index (χ0v) is 11.1. The molecule has 4 heteroatoms. The second-order valence-electron chi connectivity index (χ2n) is 1.72. The van der Waals surface area contributed by atoms with Crippen LogP contribution in [0.2, 0.25) is 0 Å². The van der Waals surface area contributed by atoms with Gasteiger partial charge in [-0.2, -0.15) is 0 Å². The topological polar surface area (TPSA) is 0 Å². The number of hydrogen-bond donors (Lipinski definition) is 0. The quantitative estimate of drug-likeness (QED) is 0.676. The van der Waals surface area contributed by atoms with E-state index in [1.165, 1.54) is 3.61 Å². The van der Waals surface area contributed by atoms with E-state index in [0.717, 1.165) is 0 Å². The predicted molar refractivity (Wildman–Crippen MR) is 49.6 cm³/mol. The van der Waals surface area contributed by atoms with Gasteiger partial charge in [-0.05, 0) is 0 Å². The van der Waals surface area contributed by atoms with Crippen LogP contribution in [-0.2, 0) is 13.5 Å². The molecule has 62 valence electrons. The van der Waals surface area contributed by atoms with Crippen molar-refractivity contribution in [2.24, 2.45) is 0 Å². The Bertz CT molecular complexity index is 244. The first-order valence-electron chi connectivity index (χ1n) is 2.82. The molecule has 0 aliphatic heterocycles. The van der Waals surface area contributed by atoms with Crippen molar-refractivity contribution >= 4 is 46.6 Å². The molecule has 0 fully saturated rings. The van der Waals surface area contributed by atoms with Gasteiger partial charge in [0.2, 0.25) is 0 Å². The van der Waals surface area contributed by atoms with Gasteiger partial charge in [-0.1, -0.05) is 0 Å². The van der Waals surface area contributed by atoms with Crippen LogP contribution in [0.15, 0.2) is 30.3 Å². The summed E-state index contributed by atoms with van der Waals surface area (Å²) in [6.07, 6.45) is 0. The first-order valence-corrected chi connectivity index (χ1v) is 10.8. The van der Waals surface area contributed by atoms with Gasteiger partial charge in [-0.3, -0.25) is 0 Å². The molecule has 1 rings (SSSR count). The standard InChI is InChI=1S/C7H6Te.2ClH.Ru/c1-8-7-5-3-2-4-6-7;;;/h1-6H;2*1H;/q;;;+2/p-2. The summed E-state index contributed by atoms with van der Waals surface area (Å²) in [5.41, 5.74) is 0. The minimum atomic E-state index is -1.50. The number of benzene rings is 1. The van der Waals surface area contributed by atoms with Crippen LogP contribution in [0, 0.1) is 0 Å². The first-order chi connectivity index (χ1) is 5.29. The van der Waals surface area contributed by atoms with E-state index in [2.05, 4.69) is 14.8 Å². The van der Waals surface area contributed by atoms with Crippen molar-refractivity contribution in [2.75, 3.05) is 0 Å². The van der Waals surface area contributed by atoms with Crippen LogP contribution < -0.4 is 3.61 Å². The van der Waals surface area contributed by atoms with E-state index in [1.807, 2.05) is 18.2 Å². The van der Waals surface area contributed by atoms with Crippen molar-refractivity contribution in [1.29, 1.82) is 0 Å². The third kappa shape index (κ3) is 4.61. The van der Waals surface area contributed by atoms with Gasteiger partial charge in [0.1, 0.15) is 0 Å². The molecule has 0 heterocycles. The first kappa shape index (κ1) is 10.2. The molecule has 0 spiro atoms. The van der Waals surface area contributed by atoms with E-state index in [9.17, 15) is 0 Å². The Kier molecular flexibility index (Phi) is 5.25. The van der Waals surface area contributed by atoms with Gasteiger partial charge >= 0.3 is 90.4 Å². The van der Waals surface area contributed by atoms with Gasteiger partial charge in [0.15, 0.2) is 0 Å². The second kappa shape index (κ2) is 5.68. The van der Waals surface area contributed by atoms with Gasteiger partial charge in [-0.15, -0.1) is 0 Å². The summed E-state index contributed by atoms with van der Waals surface area (Å²) >= 11 is -1.71. The predicted octanol–water partition coefficient (Wildman–Crippen LogP) is 1.70. The van der Waals surface area contributed by atoms with Gasteiger partial charge < -0.3 is 0 Å². The molecular weight excluding hydrogens is 384 g/mol. The van der Waals surface area contributed by atoms with Crippen molar-refractivity contribution in [2.45, 2.75) is 0 Å². The fraction of sp³-hybridized carbons (Fsp3) is 0. The van der Waals surface area contributed by atoms with Crippen LogP contribution >= 0.6 is 19.4 Å². The molecule has 0 radical (unpaired) electrons. The van der Waals surface area contributed by atoms with Crippen LogP contribution in [0.1, 0.15) is 0 Å². The normalized spacial score (nSPS) is 10.9. The van der Waals surface area contributed by atoms with Gasteiger partial charge in [-0.25, -0.2) is 0 Å². The zero-order valence-electron chi connectivity index (χ0n) is 5.48. The Balaban J connectivity index is 2.59. The molecule has 0 aliphatic carbocycles. The van der Waals surface area contributed by atoms with E-state index in [1.54, 1.807) is 0 Å². The fourth-order valence-electron chi connectivity index (χ4n) is 0.579. The van der Waals surface area contributed by atoms with Crippen molar-refractivity contribution < 1.29 is 13.5 Å². The molecule has 0 aliphatic rings. The van der Waals surface area contributed by atoms with Gasteiger partial charge in [0, 0.05) is 0 Å². The summed E-state index contributed by atoms with van der Waals surface area (Å²) in [6, 6.07) is 10.4. The summed E-state index contributed by atoms with van der Waals surface area (Å²) in [7, 11) is 11.4. The van der Waals surface area contributed by atoms with E-state index >= 15 is 0 Å². The molecule has 0 saturated carbocycles. The third-order valence-corrected chi connectivity index (χ3v) is 11.6. The number of rotatable bonds is 2. The van der Waals surface area contributed by atoms with Crippen molar-refractivity contribution in [3.05, 3.63) is 30.3 Å². The molecule has 11 heavy (non-hydrogen) atoms. The van der Waals surface area contributed by atoms with Crippen molar-refractivity contribution in [3.63, 3.8) is 0 Å². The van der Waals surface area contributed by atoms with Crippen LogP contribution in [0.3, 0.4) is 0 Å². The van der Waals surface area contributed by atoms with Crippen LogP contribution in [0.25, 0.3) is 0 Å². The maximum absolute atomic E-state index is 5.71. The molecular formula is C7H6Cl2RuTe. The molecule has 0 aromatic heterocycles. The minimum absolute atomic E-state index is 0.209. The van der Waals surface area contributed by atoms with Crippen LogP contribution in [0.5, 0.6) is 0 Å². The molecule has 0 saturated heterocycles. The molecule has 0 atom stereocenters. The van der Waals surface area contributed by atoms with E-state index < -0.39 is 13.5 Å². The van der Waals surface area contributed by atoms with Crippen LogP contribution in [0.4, 0.5) is 0 Å². The molecule has 1 aromatic rings. The summed E-state index contributed by atoms with van der Waals surface area (Å²) in [6.45, 7) is 0. The molecule has 0 nitrogen and oxygen atoms in total. The van der Waals surface area contributed by atoms with Crippen LogP contribution in [-0.4, -0.2) is 23.6 Å². The average molecular weight is 390 g/mol. The van der Waals surface area contributed by atoms with Crippen molar-refractivity contribution in [3.8, 4) is 0 Å². The number of halogens is 2. The summed E-state index contributed by atoms with van der Waals surface area (Å²) in [4.78, 5) is 0. The van der Waals surface area contributed by atoms with E-state index in [-0.39, 0.29) is 20.9 Å². The summed E-state index contributed by atoms with van der Waals surface area (Å²) in [5.74, 6) is 0. The molecule has 1 aromatic carbocycles. The monoisotopic (exact) mass is 392 g/mol. The Morgan fingerprint density at radius 2 is 1.82 bits per heavy atom. The summed E-state index contributed by atoms with van der Waals surface area (Å²) in [5, 5.41) is 0. The maximum atomic E-state index is 5.71. The molecule has 0 amide bonds. The molecule has 0 unspecified atom stereocenters. The fourth-order valence-corrected chi connectivity index (χ4v) is 7.06. The Morgan fingerprint density at radius 3 is 2.36 bits per heavy atom. The van der Waals surface area contributed by atoms with E-state index in [4.69, 9.17) is 19.4 Å².